The summed E-state index contributed by atoms with van der Waals surface area (Å²) in [7, 11) is 0. The minimum atomic E-state index is -1.57. The average molecular weight is 332 g/mol. The van der Waals surface area contributed by atoms with Gasteiger partial charge in [-0.3, -0.25) is 4.79 Å². The summed E-state index contributed by atoms with van der Waals surface area (Å²) in [6, 6.07) is 2.74. The van der Waals surface area contributed by atoms with Gasteiger partial charge in [-0.1, -0.05) is 0 Å². The van der Waals surface area contributed by atoms with Crippen molar-refractivity contribution in [3.8, 4) is 0 Å². The Kier molecular flexibility index (Phi) is 7.08. The summed E-state index contributed by atoms with van der Waals surface area (Å²) in [5.74, 6) is -1.59. The Morgan fingerprint density at radius 1 is 1.45 bits per heavy atom. The molecule has 5 nitrogen and oxygen atoms in total. The van der Waals surface area contributed by atoms with Crippen LogP contribution in [0.2, 0.25) is 0 Å². The zero-order valence-electron chi connectivity index (χ0n) is 12.4. The van der Waals surface area contributed by atoms with E-state index in [0.717, 1.165) is 6.20 Å². The molecule has 0 saturated heterocycles. The number of hydrogen-bond donors (Lipinski definition) is 1. The molecule has 0 amide bonds. The van der Waals surface area contributed by atoms with Crippen LogP contribution >= 0.6 is 11.8 Å². The van der Waals surface area contributed by atoms with Crippen molar-refractivity contribution in [1.82, 2.24) is 4.57 Å². The third-order valence-electron chi connectivity index (χ3n) is 3.07. The Morgan fingerprint density at radius 2 is 2.14 bits per heavy atom. The van der Waals surface area contributed by atoms with E-state index in [1.165, 1.54) is 28.5 Å². The first-order chi connectivity index (χ1) is 10.0. The van der Waals surface area contributed by atoms with Crippen molar-refractivity contribution in [2.24, 2.45) is 5.73 Å². The number of aryl methyl sites for hydroxylation is 1. The second kappa shape index (κ2) is 8.12. The summed E-state index contributed by atoms with van der Waals surface area (Å²) in [5.41, 5.74) is 4.35. The molecule has 2 rings (SSSR count). The molecule has 0 aliphatic rings. The monoisotopic (exact) mass is 332 g/mol. The summed E-state index contributed by atoms with van der Waals surface area (Å²) in [5, 5.41) is 11.2. The number of rotatable bonds is 5. The van der Waals surface area contributed by atoms with Crippen molar-refractivity contribution < 1.29 is 43.8 Å². The number of carbonyl (C=O) groups excluding carboxylic acids is 1. The zero-order chi connectivity index (χ0) is 15.6. The van der Waals surface area contributed by atoms with Gasteiger partial charge >= 0.3 is 29.6 Å². The summed E-state index contributed by atoms with van der Waals surface area (Å²) in [6.45, 7) is 2.47. The molecule has 0 aliphatic carbocycles. The standard InChI is InChI=1S/C14H15FN2O3S.Na/c1-2-17-7-8(14(19)20)13(18)11-10(21-6-5-16)4-3-9(15)12(11)17;/h3-4,7H,2,5-6,16H2,1H3,(H,19,20);/q;+1/p-1. The molecule has 0 radical (unpaired) electrons. The van der Waals surface area contributed by atoms with E-state index in [2.05, 4.69) is 0 Å². The minimum Gasteiger partial charge on any atom is -0.545 e. The number of fused-ring (bicyclic) bond motifs is 1. The van der Waals surface area contributed by atoms with Gasteiger partial charge in [0, 0.05) is 29.9 Å². The fraction of sp³-hybridized carbons (Fsp3) is 0.286. The first kappa shape index (κ1) is 19.2. The van der Waals surface area contributed by atoms with E-state index in [1.54, 1.807) is 6.92 Å². The fourth-order valence-corrected chi connectivity index (χ4v) is 2.98. The maximum Gasteiger partial charge on any atom is 1.00 e. The van der Waals surface area contributed by atoms with E-state index in [-0.39, 0.29) is 40.5 Å². The topological polar surface area (TPSA) is 88.2 Å². The van der Waals surface area contributed by atoms with Crippen molar-refractivity contribution in [2.45, 2.75) is 18.4 Å². The second-order valence-electron chi connectivity index (χ2n) is 4.35. The summed E-state index contributed by atoms with van der Waals surface area (Å²) < 4.78 is 15.5. The van der Waals surface area contributed by atoms with E-state index < -0.39 is 22.8 Å². The van der Waals surface area contributed by atoms with Gasteiger partial charge in [0.25, 0.3) is 0 Å². The van der Waals surface area contributed by atoms with E-state index in [0.29, 0.717) is 23.7 Å². The number of nitrogens with zero attached hydrogens (tertiary/aromatic N) is 1. The number of carboxylic acid groups (broad SMARTS) is 1. The van der Waals surface area contributed by atoms with Gasteiger partial charge in [0.05, 0.1) is 22.4 Å². The van der Waals surface area contributed by atoms with Crippen LogP contribution in [0.3, 0.4) is 0 Å². The SMILES string of the molecule is CCn1cc(C(=O)[O-])c(=O)c2c(SCCN)ccc(F)c21.[Na+]. The van der Waals surface area contributed by atoms with Crippen molar-refractivity contribution in [3.63, 3.8) is 0 Å². The van der Waals surface area contributed by atoms with E-state index in [1.807, 2.05) is 0 Å². The molecule has 1 aromatic carbocycles. The van der Waals surface area contributed by atoms with Gasteiger partial charge in [-0.2, -0.15) is 0 Å². The number of pyridine rings is 1. The Labute approximate surface area is 153 Å². The molecule has 22 heavy (non-hydrogen) atoms. The number of thioether (sulfide) groups is 1. The summed E-state index contributed by atoms with van der Waals surface area (Å²) in [4.78, 5) is 23.9. The Balaban J connectivity index is 0.00000242. The van der Waals surface area contributed by atoms with E-state index in [4.69, 9.17) is 5.73 Å². The van der Waals surface area contributed by atoms with Crippen LogP contribution in [0.1, 0.15) is 17.3 Å². The van der Waals surface area contributed by atoms with Crippen molar-refractivity contribution >= 4 is 28.6 Å². The van der Waals surface area contributed by atoms with Crippen molar-refractivity contribution in [3.05, 3.63) is 39.9 Å². The summed E-state index contributed by atoms with van der Waals surface area (Å²) >= 11 is 1.29. The molecular formula is C14H14FN2NaO3S. The van der Waals surface area contributed by atoms with Crippen LogP contribution < -0.4 is 45.8 Å². The fourth-order valence-electron chi connectivity index (χ4n) is 2.15. The molecule has 0 atom stereocenters. The molecule has 0 fully saturated rings. The largest absolute Gasteiger partial charge is 1.00 e. The molecule has 0 unspecified atom stereocenters. The average Bonchev–Trinajstić information content (AvgIpc) is 2.46. The Hall–Kier alpha value is -0.860. The van der Waals surface area contributed by atoms with Gasteiger partial charge in [-0.05, 0) is 19.1 Å². The van der Waals surface area contributed by atoms with Gasteiger partial charge in [0.2, 0.25) is 0 Å². The minimum absolute atomic E-state index is 0. The van der Waals surface area contributed by atoms with E-state index in [9.17, 15) is 19.1 Å². The maximum atomic E-state index is 14.1. The summed E-state index contributed by atoms with van der Waals surface area (Å²) in [6.07, 6.45) is 1.13. The van der Waals surface area contributed by atoms with Gasteiger partial charge in [0.15, 0.2) is 5.43 Å². The molecule has 8 heteroatoms. The number of carbonyl (C=O) groups is 1. The molecule has 0 aliphatic heterocycles. The molecule has 0 bridgehead atoms. The van der Waals surface area contributed by atoms with Gasteiger partial charge < -0.3 is 20.2 Å². The predicted molar refractivity (Wildman–Crippen MR) is 77.9 cm³/mol. The second-order valence-corrected chi connectivity index (χ2v) is 5.49. The number of carboxylic acids is 1. The molecule has 112 valence electrons. The van der Waals surface area contributed by atoms with Gasteiger partial charge in [0.1, 0.15) is 5.82 Å². The van der Waals surface area contributed by atoms with Gasteiger partial charge in [-0.15, -0.1) is 11.8 Å². The zero-order valence-corrected chi connectivity index (χ0v) is 15.2. The van der Waals surface area contributed by atoms with Crippen molar-refractivity contribution in [1.29, 1.82) is 0 Å². The molecule has 0 spiro atoms. The number of nitrogens with two attached hydrogens (primary N) is 1. The predicted octanol–water partition coefficient (Wildman–Crippen LogP) is -2.42. The third-order valence-corrected chi connectivity index (χ3v) is 4.16. The number of aromatic nitrogens is 1. The van der Waals surface area contributed by atoms with Crippen molar-refractivity contribution in [2.75, 3.05) is 12.3 Å². The quantitative estimate of drug-likeness (QED) is 0.486. The molecule has 2 N–H and O–H groups in total. The van der Waals surface area contributed by atoms with Crippen LogP contribution in [0.25, 0.3) is 10.9 Å². The third kappa shape index (κ3) is 3.55. The molecule has 1 heterocycles. The van der Waals surface area contributed by atoms with Crippen LogP contribution in [0.4, 0.5) is 4.39 Å². The first-order valence-corrected chi connectivity index (χ1v) is 7.39. The normalized spacial score (nSPS) is 10.5. The first-order valence-electron chi connectivity index (χ1n) is 6.41. The number of halogens is 1. The molecular weight excluding hydrogens is 318 g/mol. The molecule has 0 saturated carbocycles. The molecule has 2 aromatic rings. The van der Waals surface area contributed by atoms with Crippen LogP contribution in [-0.4, -0.2) is 22.8 Å². The molecule has 1 aromatic heterocycles. The van der Waals surface area contributed by atoms with E-state index >= 15 is 0 Å². The Bertz CT molecular complexity index is 764. The number of hydrogen-bond acceptors (Lipinski definition) is 5. The van der Waals surface area contributed by atoms with Crippen LogP contribution in [-0.2, 0) is 6.54 Å². The Morgan fingerprint density at radius 3 is 2.68 bits per heavy atom. The van der Waals surface area contributed by atoms with Crippen LogP contribution in [0.15, 0.2) is 28.0 Å². The van der Waals surface area contributed by atoms with Gasteiger partial charge in [-0.25, -0.2) is 4.39 Å². The van der Waals surface area contributed by atoms with Crippen LogP contribution in [0, 0.1) is 5.82 Å². The maximum absolute atomic E-state index is 14.1. The van der Waals surface area contributed by atoms with Crippen LogP contribution in [0.5, 0.6) is 0 Å². The smallest absolute Gasteiger partial charge is 0.545 e. The number of benzene rings is 1. The number of aromatic carboxylic acids is 1.